The summed E-state index contributed by atoms with van der Waals surface area (Å²) >= 11 is 5.74. The smallest absolute Gasteiger partial charge is 0.243 e. The molecule has 0 fully saturated rings. The molecule has 1 heterocycles. The van der Waals surface area contributed by atoms with Gasteiger partial charge in [0.1, 0.15) is 0 Å². The Morgan fingerprint density at radius 2 is 1.67 bits per heavy atom. The summed E-state index contributed by atoms with van der Waals surface area (Å²) in [5, 5.41) is 11.2. The summed E-state index contributed by atoms with van der Waals surface area (Å²) in [6.07, 6.45) is 0. The molecule has 1 aromatic carbocycles. The van der Waals surface area contributed by atoms with E-state index in [4.69, 9.17) is 11.6 Å². The van der Waals surface area contributed by atoms with E-state index in [0.29, 0.717) is 18.4 Å². The lowest BCUT2D eigenvalue weighted by molar-refractivity contribution is 0.885. The lowest BCUT2D eigenvalue weighted by Crippen LogP contribution is -2.07. The van der Waals surface area contributed by atoms with Crippen molar-refractivity contribution in [1.82, 2.24) is 15.2 Å². The number of nitrogens with zero attached hydrogens (tertiary/aromatic N) is 3. The van der Waals surface area contributed by atoms with Gasteiger partial charge in [0.2, 0.25) is 5.95 Å². The van der Waals surface area contributed by atoms with Crippen molar-refractivity contribution in [3.05, 3.63) is 46.8 Å². The second-order valence-corrected chi connectivity index (χ2v) is 4.38. The van der Waals surface area contributed by atoms with Crippen LogP contribution in [0.15, 0.2) is 24.3 Å². The summed E-state index contributed by atoms with van der Waals surface area (Å²) in [4.78, 5) is 4.32. The van der Waals surface area contributed by atoms with Crippen molar-refractivity contribution in [3.63, 3.8) is 0 Å². The number of aromatic nitrogens is 3. The Morgan fingerprint density at radius 1 is 1.00 bits per heavy atom. The van der Waals surface area contributed by atoms with Crippen LogP contribution in [0.25, 0.3) is 0 Å². The van der Waals surface area contributed by atoms with E-state index in [0.717, 1.165) is 22.5 Å². The minimum Gasteiger partial charge on any atom is -0.349 e. The number of halogens is 1. The molecule has 94 valence electrons. The van der Waals surface area contributed by atoms with E-state index in [2.05, 4.69) is 20.5 Å². The van der Waals surface area contributed by atoms with Crippen LogP contribution >= 0.6 is 11.6 Å². The van der Waals surface area contributed by atoms with E-state index in [1.54, 1.807) is 0 Å². The van der Waals surface area contributed by atoms with Crippen LogP contribution in [-0.4, -0.2) is 15.2 Å². The van der Waals surface area contributed by atoms with Crippen LogP contribution in [0.1, 0.15) is 22.5 Å². The highest BCUT2D eigenvalue weighted by atomic mass is 35.5. The Labute approximate surface area is 111 Å². The van der Waals surface area contributed by atoms with Gasteiger partial charge in [0, 0.05) is 12.4 Å². The van der Waals surface area contributed by atoms with Crippen LogP contribution in [-0.2, 0) is 12.4 Å². The van der Waals surface area contributed by atoms with Gasteiger partial charge in [0.25, 0.3) is 0 Å². The van der Waals surface area contributed by atoms with Gasteiger partial charge in [-0.25, -0.2) is 4.98 Å². The first-order valence-corrected chi connectivity index (χ1v) is 6.28. The molecule has 1 N–H and O–H groups in total. The number of benzene rings is 1. The molecule has 0 saturated carbocycles. The maximum absolute atomic E-state index is 5.74. The van der Waals surface area contributed by atoms with Crippen molar-refractivity contribution in [2.24, 2.45) is 0 Å². The van der Waals surface area contributed by atoms with E-state index in [-0.39, 0.29) is 0 Å². The number of rotatable bonds is 4. The molecule has 2 aromatic rings. The molecule has 0 amide bonds. The third-order valence-electron chi connectivity index (χ3n) is 2.72. The van der Waals surface area contributed by atoms with Gasteiger partial charge in [0.05, 0.1) is 11.4 Å². The predicted molar refractivity (Wildman–Crippen MR) is 72.6 cm³/mol. The average molecular weight is 263 g/mol. The van der Waals surface area contributed by atoms with Gasteiger partial charge >= 0.3 is 0 Å². The predicted octanol–water partition coefficient (Wildman–Crippen LogP) is 2.84. The minimum absolute atomic E-state index is 0.540. The largest absolute Gasteiger partial charge is 0.349 e. The molecule has 2 rings (SSSR count). The van der Waals surface area contributed by atoms with Gasteiger partial charge in [-0.15, -0.1) is 16.7 Å². The summed E-state index contributed by atoms with van der Waals surface area (Å²) < 4.78 is 0. The molecular formula is C13H15ClN4. The Morgan fingerprint density at radius 3 is 2.28 bits per heavy atom. The number of anilines is 1. The topological polar surface area (TPSA) is 50.7 Å². The van der Waals surface area contributed by atoms with Crippen molar-refractivity contribution in [2.45, 2.75) is 26.3 Å². The Bertz CT molecular complexity index is 525. The number of hydrogen-bond donors (Lipinski definition) is 1. The molecule has 0 aliphatic rings. The molecule has 0 aliphatic carbocycles. The number of hydrogen-bond acceptors (Lipinski definition) is 4. The molecule has 18 heavy (non-hydrogen) atoms. The van der Waals surface area contributed by atoms with Crippen molar-refractivity contribution < 1.29 is 0 Å². The first-order valence-electron chi connectivity index (χ1n) is 5.74. The van der Waals surface area contributed by atoms with Crippen LogP contribution in [0.4, 0.5) is 5.95 Å². The fourth-order valence-corrected chi connectivity index (χ4v) is 1.64. The van der Waals surface area contributed by atoms with Gasteiger partial charge in [-0.05, 0) is 25.0 Å². The SMILES string of the molecule is Cc1nnc(NCc2ccc(CCl)cc2)nc1C. The van der Waals surface area contributed by atoms with Crippen molar-refractivity contribution in [3.8, 4) is 0 Å². The van der Waals surface area contributed by atoms with Crippen LogP contribution in [0.5, 0.6) is 0 Å². The lowest BCUT2D eigenvalue weighted by atomic mass is 10.1. The van der Waals surface area contributed by atoms with E-state index in [9.17, 15) is 0 Å². The summed E-state index contributed by atoms with van der Waals surface area (Å²) in [6.45, 7) is 4.49. The molecule has 0 unspecified atom stereocenters. The van der Waals surface area contributed by atoms with Gasteiger partial charge in [-0.3, -0.25) is 0 Å². The number of alkyl halides is 1. The highest BCUT2D eigenvalue weighted by Gasteiger charge is 2.01. The summed E-state index contributed by atoms with van der Waals surface area (Å²) in [5.74, 6) is 1.09. The molecule has 4 nitrogen and oxygen atoms in total. The van der Waals surface area contributed by atoms with E-state index < -0.39 is 0 Å². The minimum atomic E-state index is 0.540. The first kappa shape index (κ1) is 12.8. The molecule has 5 heteroatoms. The number of nitrogens with one attached hydrogen (secondary N) is 1. The second kappa shape index (κ2) is 5.78. The van der Waals surface area contributed by atoms with Gasteiger partial charge in [0.15, 0.2) is 0 Å². The Kier molecular flexibility index (Phi) is 4.10. The molecule has 0 spiro atoms. The third-order valence-corrected chi connectivity index (χ3v) is 3.03. The zero-order valence-corrected chi connectivity index (χ0v) is 11.2. The zero-order chi connectivity index (χ0) is 13.0. The van der Waals surface area contributed by atoms with Crippen LogP contribution < -0.4 is 5.32 Å². The van der Waals surface area contributed by atoms with Crippen molar-refractivity contribution >= 4 is 17.5 Å². The molecule has 0 atom stereocenters. The maximum Gasteiger partial charge on any atom is 0.243 e. The van der Waals surface area contributed by atoms with Gasteiger partial charge < -0.3 is 5.32 Å². The van der Waals surface area contributed by atoms with E-state index in [1.165, 1.54) is 0 Å². The van der Waals surface area contributed by atoms with Crippen molar-refractivity contribution in [1.29, 1.82) is 0 Å². The fraction of sp³-hybridized carbons (Fsp3) is 0.308. The lowest BCUT2D eigenvalue weighted by Gasteiger charge is -2.06. The Balaban J connectivity index is 1.99. The first-order chi connectivity index (χ1) is 8.69. The zero-order valence-electron chi connectivity index (χ0n) is 10.4. The standard InChI is InChI=1S/C13H15ClN4/c1-9-10(2)17-18-13(16-9)15-8-12-5-3-11(7-14)4-6-12/h3-6H,7-8H2,1-2H3,(H,15,16,18). The molecule has 1 aromatic heterocycles. The summed E-state index contributed by atoms with van der Waals surface area (Å²) in [5.41, 5.74) is 4.02. The molecule has 0 saturated heterocycles. The van der Waals surface area contributed by atoms with Crippen LogP contribution in [0.2, 0.25) is 0 Å². The summed E-state index contributed by atoms with van der Waals surface area (Å²) in [6, 6.07) is 8.12. The highest BCUT2D eigenvalue weighted by Crippen LogP contribution is 2.09. The van der Waals surface area contributed by atoms with E-state index >= 15 is 0 Å². The van der Waals surface area contributed by atoms with Gasteiger partial charge in [-0.2, -0.15) is 5.10 Å². The van der Waals surface area contributed by atoms with Crippen LogP contribution in [0.3, 0.4) is 0 Å². The summed E-state index contributed by atoms with van der Waals surface area (Å²) in [7, 11) is 0. The third kappa shape index (κ3) is 3.17. The monoisotopic (exact) mass is 262 g/mol. The second-order valence-electron chi connectivity index (χ2n) is 4.11. The van der Waals surface area contributed by atoms with E-state index in [1.807, 2.05) is 38.1 Å². The quantitative estimate of drug-likeness (QED) is 0.861. The van der Waals surface area contributed by atoms with Crippen molar-refractivity contribution in [2.75, 3.05) is 5.32 Å². The van der Waals surface area contributed by atoms with Crippen LogP contribution in [0, 0.1) is 13.8 Å². The Hall–Kier alpha value is -1.68. The van der Waals surface area contributed by atoms with Gasteiger partial charge in [-0.1, -0.05) is 24.3 Å². The maximum atomic E-state index is 5.74. The fourth-order valence-electron chi connectivity index (χ4n) is 1.46. The normalized spacial score (nSPS) is 10.4. The average Bonchev–Trinajstić information content (AvgIpc) is 2.41. The molecule has 0 bridgehead atoms. The molecule has 0 aliphatic heterocycles. The molecular weight excluding hydrogens is 248 g/mol. The number of aryl methyl sites for hydroxylation is 2. The highest BCUT2D eigenvalue weighted by molar-refractivity contribution is 6.17. The molecule has 0 radical (unpaired) electrons.